The number of benzene rings is 2. The molecule has 3 aromatic rings. The number of aromatic amines is 1. The van der Waals surface area contributed by atoms with Gasteiger partial charge in [0.1, 0.15) is 5.82 Å². The third kappa shape index (κ3) is 1.30. The van der Waals surface area contributed by atoms with Gasteiger partial charge in [0.25, 0.3) is 0 Å². The molecule has 0 saturated heterocycles. The van der Waals surface area contributed by atoms with Gasteiger partial charge in [0.15, 0.2) is 0 Å². The largest absolute Gasteiger partial charge is 0.342 e. The van der Waals surface area contributed by atoms with E-state index in [-0.39, 0.29) is 0 Å². The molecular weight excluding hydrogens is 184 g/mol. The number of rotatable bonds is 1. The van der Waals surface area contributed by atoms with Gasteiger partial charge in [0, 0.05) is 6.42 Å². The van der Waals surface area contributed by atoms with E-state index in [0.29, 0.717) is 0 Å². The zero-order chi connectivity index (χ0) is 10.3. The van der Waals surface area contributed by atoms with Crippen molar-refractivity contribution in [2.75, 3.05) is 0 Å². The molecule has 0 fully saturated rings. The standard InChI is InChI=1S/C13H12N2/c1-2-13-14-11-7-9-5-3-4-6-10(9)8-12(11)15-13/h3-8H,2H2,1H3,(H,14,15). The van der Waals surface area contributed by atoms with E-state index in [1.165, 1.54) is 10.8 Å². The maximum absolute atomic E-state index is 4.53. The van der Waals surface area contributed by atoms with Gasteiger partial charge < -0.3 is 4.98 Å². The second-order valence-electron chi connectivity index (χ2n) is 3.75. The van der Waals surface area contributed by atoms with Crippen LogP contribution in [0.1, 0.15) is 12.7 Å². The van der Waals surface area contributed by atoms with Crippen LogP contribution in [0, 0.1) is 0 Å². The minimum Gasteiger partial charge on any atom is -0.342 e. The highest BCUT2D eigenvalue weighted by atomic mass is 14.9. The average Bonchev–Trinajstić information content (AvgIpc) is 2.67. The van der Waals surface area contributed by atoms with E-state index < -0.39 is 0 Å². The Morgan fingerprint density at radius 2 is 1.87 bits per heavy atom. The third-order valence-corrected chi connectivity index (χ3v) is 2.73. The first-order chi connectivity index (χ1) is 7.36. The Hall–Kier alpha value is -1.83. The molecule has 1 aromatic heterocycles. The Kier molecular flexibility index (Phi) is 1.75. The van der Waals surface area contributed by atoms with E-state index in [4.69, 9.17) is 0 Å². The van der Waals surface area contributed by atoms with Crippen molar-refractivity contribution in [2.24, 2.45) is 0 Å². The molecule has 0 amide bonds. The van der Waals surface area contributed by atoms with E-state index in [9.17, 15) is 0 Å². The zero-order valence-electron chi connectivity index (χ0n) is 8.62. The molecule has 0 unspecified atom stereocenters. The fourth-order valence-electron chi connectivity index (χ4n) is 1.92. The van der Waals surface area contributed by atoms with Crippen LogP contribution in [0.4, 0.5) is 0 Å². The number of hydrogen-bond acceptors (Lipinski definition) is 1. The van der Waals surface area contributed by atoms with Gasteiger partial charge in [-0.15, -0.1) is 0 Å². The lowest BCUT2D eigenvalue weighted by Crippen LogP contribution is -1.79. The third-order valence-electron chi connectivity index (χ3n) is 2.73. The SMILES string of the molecule is CCc1nc2cc3ccccc3cc2[nH]1. The second-order valence-corrected chi connectivity index (χ2v) is 3.75. The molecule has 2 nitrogen and oxygen atoms in total. The number of imidazole rings is 1. The average molecular weight is 196 g/mol. The van der Waals surface area contributed by atoms with Gasteiger partial charge in [-0.05, 0) is 22.9 Å². The van der Waals surface area contributed by atoms with Crippen LogP contribution >= 0.6 is 0 Å². The van der Waals surface area contributed by atoms with Crippen LogP contribution in [0.3, 0.4) is 0 Å². The summed E-state index contributed by atoms with van der Waals surface area (Å²) in [7, 11) is 0. The first kappa shape index (κ1) is 8.48. The lowest BCUT2D eigenvalue weighted by Gasteiger charge is -1.95. The Morgan fingerprint density at radius 1 is 1.13 bits per heavy atom. The summed E-state index contributed by atoms with van der Waals surface area (Å²) in [6.07, 6.45) is 0.949. The molecule has 0 aliphatic carbocycles. The van der Waals surface area contributed by atoms with Gasteiger partial charge >= 0.3 is 0 Å². The van der Waals surface area contributed by atoms with Crippen molar-refractivity contribution in [2.45, 2.75) is 13.3 Å². The summed E-state index contributed by atoms with van der Waals surface area (Å²) in [4.78, 5) is 7.85. The van der Waals surface area contributed by atoms with Crippen molar-refractivity contribution < 1.29 is 0 Å². The predicted octanol–water partition coefficient (Wildman–Crippen LogP) is 3.28. The fourth-order valence-corrected chi connectivity index (χ4v) is 1.92. The lowest BCUT2D eigenvalue weighted by atomic mass is 10.1. The molecule has 74 valence electrons. The predicted molar refractivity (Wildman–Crippen MR) is 63.0 cm³/mol. The second kappa shape index (κ2) is 3.09. The smallest absolute Gasteiger partial charge is 0.106 e. The maximum Gasteiger partial charge on any atom is 0.106 e. The normalized spacial score (nSPS) is 11.3. The zero-order valence-corrected chi connectivity index (χ0v) is 8.62. The Balaban J connectivity index is 2.39. The van der Waals surface area contributed by atoms with Crippen LogP contribution < -0.4 is 0 Å². The molecule has 0 radical (unpaired) electrons. The lowest BCUT2D eigenvalue weighted by molar-refractivity contribution is 1.00. The Morgan fingerprint density at radius 3 is 2.60 bits per heavy atom. The number of aromatic nitrogens is 2. The van der Waals surface area contributed by atoms with E-state index in [1.807, 2.05) is 0 Å². The molecule has 15 heavy (non-hydrogen) atoms. The Labute approximate surface area is 88.0 Å². The van der Waals surface area contributed by atoms with Gasteiger partial charge in [0.2, 0.25) is 0 Å². The molecule has 0 saturated carbocycles. The fraction of sp³-hybridized carbons (Fsp3) is 0.154. The number of aryl methyl sites for hydroxylation is 1. The summed E-state index contributed by atoms with van der Waals surface area (Å²) in [6, 6.07) is 12.7. The van der Waals surface area contributed by atoms with E-state index in [0.717, 1.165) is 23.3 Å². The molecule has 2 heteroatoms. The monoisotopic (exact) mass is 196 g/mol. The van der Waals surface area contributed by atoms with E-state index in [1.54, 1.807) is 0 Å². The molecule has 0 aliphatic rings. The van der Waals surface area contributed by atoms with Gasteiger partial charge in [0.05, 0.1) is 11.0 Å². The highest BCUT2D eigenvalue weighted by molar-refractivity contribution is 5.95. The topological polar surface area (TPSA) is 28.7 Å². The van der Waals surface area contributed by atoms with Crippen LogP contribution in [0.2, 0.25) is 0 Å². The molecule has 0 atom stereocenters. The van der Waals surface area contributed by atoms with Crippen molar-refractivity contribution in [3.05, 3.63) is 42.2 Å². The van der Waals surface area contributed by atoms with Crippen LogP contribution in [-0.2, 0) is 6.42 Å². The highest BCUT2D eigenvalue weighted by Crippen LogP contribution is 2.20. The summed E-state index contributed by atoms with van der Waals surface area (Å²) < 4.78 is 0. The van der Waals surface area contributed by atoms with Crippen LogP contribution in [0.25, 0.3) is 21.8 Å². The molecule has 2 aromatic carbocycles. The van der Waals surface area contributed by atoms with Gasteiger partial charge in [-0.25, -0.2) is 4.98 Å². The van der Waals surface area contributed by atoms with Crippen molar-refractivity contribution in [1.82, 2.24) is 9.97 Å². The first-order valence-electron chi connectivity index (χ1n) is 5.24. The molecule has 1 heterocycles. The van der Waals surface area contributed by atoms with Crippen molar-refractivity contribution >= 4 is 21.8 Å². The van der Waals surface area contributed by atoms with Gasteiger partial charge in [-0.3, -0.25) is 0 Å². The van der Waals surface area contributed by atoms with E-state index in [2.05, 4.69) is 53.3 Å². The Bertz CT molecular complexity index is 570. The van der Waals surface area contributed by atoms with Crippen LogP contribution in [0.5, 0.6) is 0 Å². The number of fused-ring (bicyclic) bond motifs is 2. The number of nitrogens with zero attached hydrogens (tertiary/aromatic N) is 1. The quantitative estimate of drug-likeness (QED) is 0.635. The molecule has 3 rings (SSSR count). The molecule has 0 spiro atoms. The summed E-state index contributed by atoms with van der Waals surface area (Å²) >= 11 is 0. The van der Waals surface area contributed by atoms with Crippen molar-refractivity contribution in [1.29, 1.82) is 0 Å². The first-order valence-corrected chi connectivity index (χ1v) is 5.24. The number of nitrogens with one attached hydrogen (secondary N) is 1. The van der Waals surface area contributed by atoms with Crippen LogP contribution in [-0.4, -0.2) is 9.97 Å². The maximum atomic E-state index is 4.53. The minimum atomic E-state index is 0.949. The number of H-pyrrole nitrogens is 1. The summed E-state index contributed by atoms with van der Waals surface area (Å²) in [6.45, 7) is 2.11. The summed E-state index contributed by atoms with van der Waals surface area (Å²) in [5.74, 6) is 1.06. The minimum absolute atomic E-state index is 0.949. The molecular formula is C13H12N2. The molecule has 1 N–H and O–H groups in total. The van der Waals surface area contributed by atoms with Crippen molar-refractivity contribution in [3.8, 4) is 0 Å². The number of hydrogen-bond donors (Lipinski definition) is 1. The van der Waals surface area contributed by atoms with Gasteiger partial charge in [-0.1, -0.05) is 31.2 Å². The summed E-state index contributed by atoms with van der Waals surface area (Å²) in [5.41, 5.74) is 2.19. The highest BCUT2D eigenvalue weighted by Gasteiger charge is 2.02. The van der Waals surface area contributed by atoms with Gasteiger partial charge in [-0.2, -0.15) is 0 Å². The van der Waals surface area contributed by atoms with E-state index >= 15 is 0 Å². The summed E-state index contributed by atoms with van der Waals surface area (Å²) in [5, 5.41) is 2.51. The molecule has 0 aliphatic heterocycles. The van der Waals surface area contributed by atoms with Crippen molar-refractivity contribution in [3.63, 3.8) is 0 Å². The molecule has 0 bridgehead atoms. The van der Waals surface area contributed by atoms with Crippen LogP contribution in [0.15, 0.2) is 36.4 Å².